The minimum Gasteiger partial charge on any atom is -0.508 e. The first kappa shape index (κ1) is 13.6. The van der Waals surface area contributed by atoms with Crippen LogP contribution in [0.2, 0.25) is 0 Å². The molecule has 0 amide bonds. The average molecular weight is 254 g/mol. The molecule has 0 spiro atoms. The molecule has 1 aromatic rings. The fourth-order valence-electron chi connectivity index (χ4n) is 1.39. The van der Waals surface area contributed by atoms with Crippen LogP contribution in [0.15, 0.2) is 22.4 Å². The Bertz CT molecular complexity index is 447. The van der Waals surface area contributed by atoms with Crippen LogP contribution in [0.3, 0.4) is 0 Å². The second-order valence-electron chi connectivity index (χ2n) is 3.25. The Morgan fingerprint density at radius 2 is 1.78 bits per heavy atom. The van der Waals surface area contributed by atoms with Crippen molar-refractivity contribution in [1.82, 2.24) is 0 Å². The van der Waals surface area contributed by atoms with Crippen molar-refractivity contribution in [3.8, 4) is 17.2 Å². The van der Waals surface area contributed by atoms with E-state index in [1.54, 1.807) is 0 Å². The summed E-state index contributed by atoms with van der Waals surface area (Å²) >= 11 is 0. The third-order valence-electron chi connectivity index (χ3n) is 2.04. The molecule has 1 rings (SSSR count). The molecule has 98 valence electrons. The highest BCUT2D eigenvalue weighted by Crippen LogP contribution is 2.33. The van der Waals surface area contributed by atoms with Gasteiger partial charge >= 0.3 is 0 Å². The maximum absolute atomic E-state index is 9.69. The van der Waals surface area contributed by atoms with Crippen molar-refractivity contribution in [2.75, 3.05) is 14.2 Å². The highest BCUT2D eigenvalue weighted by atomic mass is 16.6. The van der Waals surface area contributed by atoms with E-state index in [4.69, 9.17) is 0 Å². The zero-order chi connectivity index (χ0) is 13.5. The van der Waals surface area contributed by atoms with Gasteiger partial charge in [-0.05, 0) is 0 Å². The highest BCUT2D eigenvalue weighted by Gasteiger charge is 2.16. The van der Waals surface area contributed by atoms with E-state index in [-0.39, 0.29) is 34.9 Å². The molecule has 0 atom stereocenters. The van der Waals surface area contributed by atoms with Crippen molar-refractivity contribution < 1.29 is 25.0 Å². The Hall–Kier alpha value is -2.44. The molecule has 0 aromatic heterocycles. The summed E-state index contributed by atoms with van der Waals surface area (Å²) in [4.78, 5) is 9.12. The van der Waals surface area contributed by atoms with E-state index in [0.29, 0.717) is 0 Å². The van der Waals surface area contributed by atoms with Crippen molar-refractivity contribution in [3.05, 3.63) is 17.7 Å². The lowest BCUT2D eigenvalue weighted by molar-refractivity contribution is 0.211. The molecule has 0 fully saturated rings. The minimum absolute atomic E-state index is 0.0669. The van der Waals surface area contributed by atoms with Crippen LogP contribution in [0.5, 0.6) is 17.2 Å². The highest BCUT2D eigenvalue weighted by molar-refractivity contribution is 6.10. The molecular weight excluding hydrogens is 240 g/mol. The number of phenolic OH excluding ortho intramolecular Hbond substituents is 3. The lowest BCUT2D eigenvalue weighted by Gasteiger charge is -2.08. The van der Waals surface area contributed by atoms with Crippen molar-refractivity contribution >= 4 is 11.9 Å². The summed E-state index contributed by atoms with van der Waals surface area (Å²) in [6, 6.07) is 2.18. The molecule has 18 heavy (non-hydrogen) atoms. The van der Waals surface area contributed by atoms with E-state index in [1.807, 2.05) is 0 Å². The summed E-state index contributed by atoms with van der Waals surface area (Å²) in [6.45, 7) is 0. The molecule has 0 saturated heterocycles. The number of phenols is 3. The van der Waals surface area contributed by atoms with Gasteiger partial charge in [0.1, 0.15) is 31.5 Å². The number of oxime groups is 2. The SMILES string of the molecule is CO/N=C/C/C(=N\OC)c1c(O)cc(O)cc1O. The Labute approximate surface area is 104 Å². The van der Waals surface area contributed by atoms with Crippen LogP contribution in [0.1, 0.15) is 12.0 Å². The van der Waals surface area contributed by atoms with Crippen molar-refractivity contribution in [2.45, 2.75) is 6.42 Å². The molecule has 0 saturated carbocycles. The predicted molar refractivity (Wildman–Crippen MR) is 65.1 cm³/mol. The molecule has 3 N–H and O–H groups in total. The number of benzene rings is 1. The van der Waals surface area contributed by atoms with Gasteiger partial charge in [-0.2, -0.15) is 0 Å². The van der Waals surface area contributed by atoms with Gasteiger partial charge in [-0.15, -0.1) is 0 Å². The maximum Gasteiger partial charge on any atom is 0.132 e. The summed E-state index contributed by atoms with van der Waals surface area (Å²) < 4.78 is 0. The second kappa shape index (κ2) is 6.33. The third-order valence-corrected chi connectivity index (χ3v) is 2.04. The minimum atomic E-state index is -0.311. The van der Waals surface area contributed by atoms with E-state index in [9.17, 15) is 15.3 Å². The first-order chi connectivity index (χ1) is 8.60. The predicted octanol–water partition coefficient (Wildman–Crippen LogP) is 1.18. The monoisotopic (exact) mass is 254 g/mol. The van der Waals surface area contributed by atoms with Crippen LogP contribution in [0.25, 0.3) is 0 Å². The standard InChI is InChI=1S/C11H14N2O5/c1-17-12-4-3-8(13-18-2)11-9(15)5-7(14)6-10(11)16/h4-6,14-16H,3H2,1-2H3/b12-4+,13-8+. The van der Waals surface area contributed by atoms with Crippen LogP contribution in [-0.2, 0) is 9.68 Å². The van der Waals surface area contributed by atoms with Crippen molar-refractivity contribution in [2.24, 2.45) is 10.3 Å². The number of nitrogens with zero attached hydrogens (tertiary/aromatic N) is 2. The lowest BCUT2D eigenvalue weighted by Crippen LogP contribution is -2.04. The molecule has 0 heterocycles. The van der Waals surface area contributed by atoms with Gasteiger partial charge < -0.3 is 25.0 Å². The van der Waals surface area contributed by atoms with Crippen LogP contribution >= 0.6 is 0 Å². The van der Waals surface area contributed by atoms with Crippen molar-refractivity contribution in [1.29, 1.82) is 0 Å². The topological polar surface area (TPSA) is 104 Å². The van der Waals surface area contributed by atoms with Crippen LogP contribution in [-0.4, -0.2) is 41.5 Å². The zero-order valence-corrected chi connectivity index (χ0v) is 9.99. The van der Waals surface area contributed by atoms with E-state index < -0.39 is 0 Å². The van der Waals surface area contributed by atoms with E-state index in [1.165, 1.54) is 20.4 Å². The molecule has 1 aromatic carbocycles. The molecule has 0 radical (unpaired) electrons. The Balaban J connectivity index is 3.14. The zero-order valence-electron chi connectivity index (χ0n) is 9.99. The molecule has 0 aliphatic heterocycles. The summed E-state index contributed by atoms with van der Waals surface area (Å²) in [5, 5.41) is 35.8. The summed E-state index contributed by atoms with van der Waals surface area (Å²) in [5.74, 6) is -0.876. The van der Waals surface area contributed by atoms with Gasteiger partial charge in [-0.1, -0.05) is 10.3 Å². The van der Waals surface area contributed by atoms with E-state index in [2.05, 4.69) is 20.0 Å². The van der Waals surface area contributed by atoms with Gasteiger partial charge in [-0.3, -0.25) is 0 Å². The van der Waals surface area contributed by atoms with Crippen LogP contribution in [0.4, 0.5) is 0 Å². The first-order valence-corrected chi connectivity index (χ1v) is 5.00. The third kappa shape index (κ3) is 3.27. The fourth-order valence-corrected chi connectivity index (χ4v) is 1.39. The number of hydrogen-bond donors (Lipinski definition) is 3. The fraction of sp³-hybridized carbons (Fsp3) is 0.273. The Kier molecular flexibility index (Phi) is 4.79. The largest absolute Gasteiger partial charge is 0.508 e. The van der Waals surface area contributed by atoms with Crippen molar-refractivity contribution in [3.63, 3.8) is 0 Å². The quantitative estimate of drug-likeness (QED) is 0.540. The summed E-state index contributed by atoms with van der Waals surface area (Å²) in [7, 11) is 2.72. The van der Waals surface area contributed by atoms with Crippen LogP contribution < -0.4 is 0 Å². The lowest BCUT2D eigenvalue weighted by atomic mass is 10.1. The summed E-state index contributed by atoms with van der Waals surface area (Å²) in [5.41, 5.74) is 0.311. The maximum atomic E-state index is 9.69. The first-order valence-electron chi connectivity index (χ1n) is 5.00. The molecule has 0 aliphatic rings. The molecule has 0 aliphatic carbocycles. The average Bonchev–Trinajstić information content (AvgIpc) is 2.28. The van der Waals surface area contributed by atoms with Gasteiger partial charge in [0.2, 0.25) is 0 Å². The van der Waals surface area contributed by atoms with E-state index >= 15 is 0 Å². The number of aromatic hydroxyl groups is 3. The number of rotatable bonds is 5. The normalized spacial score (nSPS) is 11.8. The van der Waals surface area contributed by atoms with E-state index in [0.717, 1.165) is 12.1 Å². The van der Waals surface area contributed by atoms with Crippen LogP contribution in [0, 0.1) is 0 Å². The molecular formula is C11H14N2O5. The van der Waals surface area contributed by atoms with Gasteiger partial charge in [0.15, 0.2) is 0 Å². The van der Waals surface area contributed by atoms with Gasteiger partial charge in [0.05, 0.1) is 11.3 Å². The Morgan fingerprint density at radius 3 is 2.28 bits per heavy atom. The summed E-state index contributed by atoms with van der Waals surface area (Å²) in [6.07, 6.45) is 1.57. The molecule has 7 nitrogen and oxygen atoms in total. The van der Waals surface area contributed by atoms with Gasteiger partial charge in [0.25, 0.3) is 0 Å². The number of hydrogen-bond acceptors (Lipinski definition) is 7. The molecule has 0 unspecified atom stereocenters. The smallest absolute Gasteiger partial charge is 0.132 e. The second-order valence-corrected chi connectivity index (χ2v) is 3.25. The molecule has 0 bridgehead atoms. The molecule has 7 heteroatoms. The Morgan fingerprint density at radius 1 is 1.17 bits per heavy atom. The van der Waals surface area contributed by atoms with Gasteiger partial charge in [0, 0.05) is 24.8 Å². The van der Waals surface area contributed by atoms with Gasteiger partial charge in [-0.25, -0.2) is 0 Å².